The molecule has 2 aromatic carbocycles. The van der Waals surface area contributed by atoms with Crippen LogP contribution in [0.15, 0.2) is 45.3 Å². The molecule has 3 N–H and O–H groups in total. The van der Waals surface area contributed by atoms with Gasteiger partial charge < -0.3 is 11.1 Å². The van der Waals surface area contributed by atoms with Gasteiger partial charge in [-0.15, -0.1) is 0 Å². The van der Waals surface area contributed by atoms with Crippen molar-refractivity contribution in [2.24, 2.45) is 0 Å². The van der Waals surface area contributed by atoms with Crippen LogP contribution in [0, 0.1) is 6.92 Å². The zero-order chi connectivity index (χ0) is 14.0. The number of nitrogens with one attached hydrogen (secondary N) is 1. The van der Waals surface area contributed by atoms with Crippen molar-refractivity contribution in [3.63, 3.8) is 0 Å². The Morgan fingerprint density at radius 2 is 1.74 bits per heavy atom. The van der Waals surface area contributed by atoms with Crippen LogP contribution in [0.5, 0.6) is 0 Å². The van der Waals surface area contributed by atoms with E-state index in [-0.39, 0.29) is 5.91 Å². The van der Waals surface area contributed by atoms with Crippen LogP contribution in [0.2, 0.25) is 0 Å². The first-order valence-corrected chi connectivity index (χ1v) is 7.18. The summed E-state index contributed by atoms with van der Waals surface area (Å²) in [6, 6.07) is 10.8. The van der Waals surface area contributed by atoms with Crippen LogP contribution in [0.1, 0.15) is 15.9 Å². The van der Waals surface area contributed by atoms with Crippen molar-refractivity contribution in [1.82, 2.24) is 0 Å². The number of hydrogen-bond donors (Lipinski definition) is 2. The minimum atomic E-state index is -0.176. The lowest BCUT2D eigenvalue weighted by Gasteiger charge is -2.12. The Hall–Kier alpha value is -1.33. The minimum Gasteiger partial charge on any atom is -0.397 e. The van der Waals surface area contributed by atoms with Crippen LogP contribution < -0.4 is 11.1 Å². The van der Waals surface area contributed by atoms with E-state index >= 15 is 0 Å². The minimum absolute atomic E-state index is 0.176. The number of benzene rings is 2. The molecular weight excluding hydrogens is 372 g/mol. The fourth-order valence-corrected chi connectivity index (χ4v) is 2.58. The molecule has 19 heavy (non-hydrogen) atoms. The van der Waals surface area contributed by atoms with Crippen LogP contribution in [-0.2, 0) is 0 Å². The zero-order valence-electron chi connectivity index (χ0n) is 10.2. The SMILES string of the molecule is Cc1cc(Br)cc(N)c1NC(=O)c1ccc(Br)cc1. The first-order chi connectivity index (χ1) is 8.97. The van der Waals surface area contributed by atoms with Crippen LogP contribution in [0.25, 0.3) is 0 Å². The van der Waals surface area contributed by atoms with E-state index in [9.17, 15) is 4.79 Å². The summed E-state index contributed by atoms with van der Waals surface area (Å²) < 4.78 is 1.83. The monoisotopic (exact) mass is 382 g/mol. The van der Waals surface area contributed by atoms with E-state index in [1.54, 1.807) is 18.2 Å². The lowest BCUT2D eigenvalue weighted by Crippen LogP contribution is -2.14. The average molecular weight is 384 g/mol. The van der Waals surface area contributed by atoms with Crippen molar-refractivity contribution >= 4 is 49.1 Å². The largest absolute Gasteiger partial charge is 0.397 e. The van der Waals surface area contributed by atoms with Crippen molar-refractivity contribution in [2.75, 3.05) is 11.1 Å². The second-order valence-corrected chi connectivity index (χ2v) is 5.98. The van der Waals surface area contributed by atoms with Gasteiger partial charge in [0.05, 0.1) is 11.4 Å². The van der Waals surface area contributed by atoms with E-state index < -0.39 is 0 Å². The van der Waals surface area contributed by atoms with Crippen molar-refractivity contribution in [3.8, 4) is 0 Å². The zero-order valence-corrected chi connectivity index (χ0v) is 13.4. The Bertz CT molecular complexity index is 601. The molecule has 0 fully saturated rings. The van der Waals surface area contributed by atoms with Gasteiger partial charge >= 0.3 is 0 Å². The molecule has 2 rings (SSSR count). The van der Waals surface area contributed by atoms with Crippen LogP contribution in [-0.4, -0.2) is 5.91 Å². The predicted octanol–water partition coefficient (Wildman–Crippen LogP) is 4.35. The van der Waals surface area contributed by atoms with E-state index in [4.69, 9.17) is 5.73 Å². The molecule has 0 saturated carbocycles. The maximum Gasteiger partial charge on any atom is 0.255 e. The van der Waals surface area contributed by atoms with Gasteiger partial charge in [-0.1, -0.05) is 31.9 Å². The molecule has 0 atom stereocenters. The summed E-state index contributed by atoms with van der Waals surface area (Å²) >= 11 is 6.70. The number of anilines is 2. The number of amides is 1. The van der Waals surface area contributed by atoms with Gasteiger partial charge in [-0.2, -0.15) is 0 Å². The van der Waals surface area contributed by atoms with Gasteiger partial charge in [-0.05, 0) is 48.9 Å². The molecule has 0 aliphatic carbocycles. The van der Waals surface area contributed by atoms with Crippen molar-refractivity contribution in [1.29, 1.82) is 0 Å². The number of aryl methyl sites for hydroxylation is 1. The number of rotatable bonds is 2. The maximum absolute atomic E-state index is 12.1. The number of nitrogens with two attached hydrogens (primary N) is 1. The van der Waals surface area contributed by atoms with Gasteiger partial charge in [0.1, 0.15) is 0 Å². The van der Waals surface area contributed by atoms with E-state index in [1.807, 2.05) is 25.1 Å². The second-order valence-electron chi connectivity index (χ2n) is 4.15. The third-order valence-electron chi connectivity index (χ3n) is 2.68. The van der Waals surface area contributed by atoms with E-state index in [0.717, 1.165) is 14.5 Å². The summed E-state index contributed by atoms with van der Waals surface area (Å²) in [5, 5.41) is 2.84. The number of nitrogen functional groups attached to an aromatic ring is 1. The predicted molar refractivity (Wildman–Crippen MR) is 85.4 cm³/mol. The lowest BCUT2D eigenvalue weighted by molar-refractivity contribution is 0.102. The quantitative estimate of drug-likeness (QED) is 0.757. The third kappa shape index (κ3) is 3.36. The Balaban J connectivity index is 2.26. The Morgan fingerprint density at radius 3 is 2.32 bits per heavy atom. The van der Waals surface area contributed by atoms with Crippen LogP contribution >= 0.6 is 31.9 Å². The normalized spacial score (nSPS) is 10.3. The standard InChI is InChI=1S/C14H12Br2N2O/c1-8-6-11(16)7-12(17)13(8)18-14(19)9-2-4-10(15)5-3-9/h2-7H,17H2,1H3,(H,18,19). The summed E-state index contributed by atoms with van der Waals surface area (Å²) in [4.78, 5) is 12.1. The molecule has 5 heteroatoms. The molecule has 0 unspecified atom stereocenters. The number of carbonyl (C=O) groups is 1. The van der Waals surface area contributed by atoms with Crippen molar-refractivity contribution in [3.05, 3.63) is 56.5 Å². The fraction of sp³-hybridized carbons (Fsp3) is 0.0714. The molecular formula is C14H12Br2N2O. The molecule has 0 aliphatic heterocycles. The highest BCUT2D eigenvalue weighted by atomic mass is 79.9. The first kappa shape index (κ1) is 14.1. The van der Waals surface area contributed by atoms with Gasteiger partial charge in [-0.25, -0.2) is 0 Å². The molecule has 0 aliphatic rings. The summed E-state index contributed by atoms with van der Waals surface area (Å²) in [6.07, 6.45) is 0. The molecule has 2 aromatic rings. The Kier molecular flexibility index (Phi) is 4.27. The molecule has 1 amide bonds. The van der Waals surface area contributed by atoms with Crippen LogP contribution in [0.3, 0.4) is 0 Å². The van der Waals surface area contributed by atoms with E-state index in [2.05, 4.69) is 37.2 Å². The topological polar surface area (TPSA) is 55.1 Å². The Morgan fingerprint density at radius 1 is 1.11 bits per heavy atom. The molecule has 0 bridgehead atoms. The molecule has 0 radical (unpaired) electrons. The van der Waals surface area contributed by atoms with Crippen molar-refractivity contribution in [2.45, 2.75) is 6.92 Å². The van der Waals surface area contributed by atoms with Gasteiger partial charge in [-0.3, -0.25) is 4.79 Å². The highest BCUT2D eigenvalue weighted by Gasteiger charge is 2.10. The van der Waals surface area contributed by atoms with E-state index in [1.165, 1.54) is 0 Å². The maximum atomic E-state index is 12.1. The smallest absolute Gasteiger partial charge is 0.255 e. The van der Waals surface area contributed by atoms with E-state index in [0.29, 0.717) is 16.9 Å². The van der Waals surface area contributed by atoms with Gasteiger partial charge in [0, 0.05) is 14.5 Å². The average Bonchev–Trinajstić information content (AvgIpc) is 2.34. The lowest BCUT2D eigenvalue weighted by atomic mass is 10.1. The Labute approximate surface area is 128 Å². The van der Waals surface area contributed by atoms with Crippen LogP contribution in [0.4, 0.5) is 11.4 Å². The first-order valence-electron chi connectivity index (χ1n) is 5.60. The molecule has 3 nitrogen and oxygen atoms in total. The fourth-order valence-electron chi connectivity index (χ4n) is 1.73. The molecule has 0 aromatic heterocycles. The number of halogens is 2. The molecule has 98 valence electrons. The molecule has 0 spiro atoms. The highest BCUT2D eigenvalue weighted by molar-refractivity contribution is 9.10. The van der Waals surface area contributed by atoms with Gasteiger partial charge in [0.2, 0.25) is 0 Å². The van der Waals surface area contributed by atoms with Gasteiger partial charge in [0.25, 0.3) is 5.91 Å². The van der Waals surface area contributed by atoms with Gasteiger partial charge in [0.15, 0.2) is 0 Å². The molecule has 0 saturated heterocycles. The summed E-state index contributed by atoms with van der Waals surface area (Å²) in [6.45, 7) is 1.90. The third-order valence-corrected chi connectivity index (χ3v) is 3.66. The highest BCUT2D eigenvalue weighted by Crippen LogP contribution is 2.28. The number of hydrogen-bond acceptors (Lipinski definition) is 2. The summed E-state index contributed by atoms with van der Waals surface area (Å²) in [5.74, 6) is -0.176. The molecule has 0 heterocycles. The summed E-state index contributed by atoms with van der Waals surface area (Å²) in [7, 11) is 0. The second kappa shape index (κ2) is 5.75. The van der Waals surface area contributed by atoms with Crippen molar-refractivity contribution < 1.29 is 4.79 Å². The summed E-state index contributed by atoms with van der Waals surface area (Å²) in [5.41, 5.74) is 8.61. The number of carbonyl (C=O) groups excluding carboxylic acids is 1.